The van der Waals surface area contributed by atoms with Gasteiger partial charge in [0.1, 0.15) is 0 Å². The molecule has 0 spiro atoms. The topological polar surface area (TPSA) is 58.4 Å². The van der Waals surface area contributed by atoms with E-state index in [2.05, 4.69) is 51.8 Å². The summed E-state index contributed by atoms with van der Waals surface area (Å²) in [6.07, 6.45) is 1.95. The van der Waals surface area contributed by atoms with Gasteiger partial charge in [-0.25, -0.2) is 0 Å². The monoisotopic (exact) mass is 271 g/mol. The Morgan fingerprint density at radius 2 is 1.74 bits per heavy atom. The van der Waals surface area contributed by atoms with Crippen molar-refractivity contribution in [2.75, 3.05) is 19.6 Å². The molecule has 0 heterocycles. The van der Waals surface area contributed by atoms with Crippen molar-refractivity contribution in [3.8, 4) is 0 Å². The minimum absolute atomic E-state index is 0.0485. The van der Waals surface area contributed by atoms with Crippen molar-refractivity contribution in [2.45, 2.75) is 66.0 Å². The average molecular weight is 271 g/mol. The number of nitrogens with one attached hydrogen (secondary N) is 1. The highest BCUT2D eigenvalue weighted by molar-refractivity contribution is 5.78. The van der Waals surface area contributed by atoms with E-state index < -0.39 is 0 Å². The van der Waals surface area contributed by atoms with E-state index in [1.807, 2.05) is 0 Å². The average Bonchev–Trinajstić information content (AvgIpc) is 2.39. The van der Waals surface area contributed by atoms with Crippen molar-refractivity contribution in [1.82, 2.24) is 10.2 Å². The van der Waals surface area contributed by atoms with Crippen molar-refractivity contribution in [2.24, 2.45) is 11.7 Å². The first kappa shape index (κ1) is 18.4. The summed E-state index contributed by atoms with van der Waals surface area (Å²) in [7, 11) is 0. The second kappa shape index (κ2) is 8.54. The van der Waals surface area contributed by atoms with E-state index in [0.717, 1.165) is 19.4 Å². The van der Waals surface area contributed by atoms with Crippen LogP contribution in [0.25, 0.3) is 0 Å². The molecule has 0 saturated heterocycles. The number of hydrogen-bond donors (Lipinski definition) is 2. The largest absolute Gasteiger partial charge is 0.352 e. The molecule has 1 amide bonds. The number of amides is 1. The van der Waals surface area contributed by atoms with Gasteiger partial charge in [-0.1, -0.05) is 34.6 Å². The van der Waals surface area contributed by atoms with Crippen LogP contribution < -0.4 is 11.1 Å². The van der Waals surface area contributed by atoms with Gasteiger partial charge in [-0.2, -0.15) is 0 Å². The molecule has 0 aromatic heterocycles. The van der Waals surface area contributed by atoms with Crippen LogP contribution in [0.1, 0.15) is 54.4 Å². The van der Waals surface area contributed by atoms with Crippen LogP contribution in [0.15, 0.2) is 0 Å². The smallest absolute Gasteiger partial charge is 0.234 e. The summed E-state index contributed by atoms with van der Waals surface area (Å²) in [4.78, 5) is 14.3. The molecule has 0 fully saturated rings. The Morgan fingerprint density at radius 3 is 2.05 bits per heavy atom. The van der Waals surface area contributed by atoms with Crippen LogP contribution in [0.5, 0.6) is 0 Å². The first-order chi connectivity index (χ1) is 8.86. The Labute approximate surface area is 119 Å². The molecule has 3 N–H and O–H groups in total. The molecule has 0 aliphatic heterocycles. The van der Waals surface area contributed by atoms with Crippen LogP contribution in [-0.4, -0.2) is 42.0 Å². The maximum absolute atomic E-state index is 12.1. The minimum Gasteiger partial charge on any atom is -0.352 e. The van der Waals surface area contributed by atoms with Crippen LogP contribution >= 0.6 is 0 Å². The van der Waals surface area contributed by atoms with Gasteiger partial charge in [-0.15, -0.1) is 0 Å². The van der Waals surface area contributed by atoms with Gasteiger partial charge in [-0.05, 0) is 32.2 Å². The van der Waals surface area contributed by atoms with Gasteiger partial charge >= 0.3 is 0 Å². The number of likely N-dealkylation sites (N-methyl/N-ethyl adjacent to an activating group) is 1. The van der Waals surface area contributed by atoms with Crippen molar-refractivity contribution < 1.29 is 4.79 Å². The third-order valence-corrected chi connectivity index (χ3v) is 4.47. The molecule has 0 aliphatic rings. The minimum atomic E-state index is -0.0485. The highest BCUT2D eigenvalue weighted by Gasteiger charge is 2.32. The fraction of sp³-hybridized carbons (Fsp3) is 0.933. The molecule has 0 bridgehead atoms. The third kappa shape index (κ3) is 5.11. The summed E-state index contributed by atoms with van der Waals surface area (Å²) in [6, 6.07) is 0.210. The zero-order chi connectivity index (χ0) is 15.1. The summed E-state index contributed by atoms with van der Waals surface area (Å²) >= 11 is 0. The molecular weight excluding hydrogens is 238 g/mol. The van der Waals surface area contributed by atoms with E-state index in [-0.39, 0.29) is 17.5 Å². The van der Waals surface area contributed by atoms with E-state index in [0.29, 0.717) is 19.0 Å². The maximum Gasteiger partial charge on any atom is 0.234 e. The zero-order valence-electron chi connectivity index (χ0n) is 13.6. The normalized spacial score (nSPS) is 13.9. The lowest BCUT2D eigenvalue weighted by molar-refractivity contribution is -0.124. The molecule has 0 radical (unpaired) electrons. The van der Waals surface area contributed by atoms with Crippen LogP contribution in [0.3, 0.4) is 0 Å². The Bertz CT molecular complexity index is 254. The molecule has 0 aromatic carbocycles. The van der Waals surface area contributed by atoms with Crippen molar-refractivity contribution in [1.29, 1.82) is 0 Å². The fourth-order valence-electron chi connectivity index (χ4n) is 2.37. The number of rotatable bonds is 9. The molecule has 19 heavy (non-hydrogen) atoms. The summed E-state index contributed by atoms with van der Waals surface area (Å²) in [5, 5.41) is 3.07. The molecule has 114 valence electrons. The van der Waals surface area contributed by atoms with Gasteiger partial charge in [0, 0.05) is 18.1 Å². The van der Waals surface area contributed by atoms with E-state index >= 15 is 0 Å². The summed E-state index contributed by atoms with van der Waals surface area (Å²) in [5.74, 6) is 0.554. The lowest BCUT2D eigenvalue weighted by Gasteiger charge is -2.41. The predicted octanol–water partition coefficient (Wildman–Crippen LogP) is 1.99. The van der Waals surface area contributed by atoms with E-state index in [1.54, 1.807) is 0 Å². The van der Waals surface area contributed by atoms with Gasteiger partial charge in [0.15, 0.2) is 0 Å². The standard InChI is InChI=1S/C15H33N3O/c1-7-15(8-2,11-16)18(9-3)10-14(19)17-13(6)12(4)5/h12-13H,7-11,16H2,1-6H3,(H,17,19). The number of nitrogens with zero attached hydrogens (tertiary/aromatic N) is 1. The molecule has 4 nitrogen and oxygen atoms in total. The van der Waals surface area contributed by atoms with Crippen LogP contribution in [-0.2, 0) is 4.79 Å². The number of carbonyl (C=O) groups excluding carboxylic acids is 1. The van der Waals surface area contributed by atoms with E-state index in [1.165, 1.54) is 0 Å². The van der Waals surface area contributed by atoms with Crippen LogP contribution in [0.2, 0.25) is 0 Å². The molecule has 1 unspecified atom stereocenters. The van der Waals surface area contributed by atoms with Crippen LogP contribution in [0, 0.1) is 5.92 Å². The fourth-order valence-corrected chi connectivity index (χ4v) is 2.37. The van der Waals surface area contributed by atoms with Crippen molar-refractivity contribution in [3.63, 3.8) is 0 Å². The highest BCUT2D eigenvalue weighted by atomic mass is 16.2. The second-order valence-corrected chi connectivity index (χ2v) is 5.75. The van der Waals surface area contributed by atoms with Crippen LogP contribution in [0.4, 0.5) is 0 Å². The Hall–Kier alpha value is -0.610. The van der Waals surface area contributed by atoms with E-state index in [4.69, 9.17) is 5.73 Å². The number of hydrogen-bond acceptors (Lipinski definition) is 3. The molecule has 0 rings (SSSR count). The first-order valence-corrected chi connectivity index (χ1v) is 7.61. The van der Waals surface area contributed by atoms with Gasteiger partial charge in [0.2, 0.25) is 5.91 Å². The summed E-state index contributed by atoms with van der Waals surface area (Å²) in [6.45, 7) is 14.6. The quantitative estimate of drug-likeness (QED) is 0.674. The lowest BCUT2D eigenvalue weighted by atomic mass is 9.90. The Kier molecular flexibility index (Phi) is 8.26. The van der Waals surface area contributed by atoms with Gasteiger partial charge in [0.05, 0.1) is 6.54 Å². The number of nitrogens with two attached hydrogens (primary N) is 1. The molecule has 0 aromatic rings. The Balaban J connectivity index is 4.67. The zero-order valence-corrected chi connectivity index (χ0v) is 13.6. The summed E-state index contributed by atoms with van der Waals surface area (Å²) < 4.78 is 0. The molecule has 0 saturated carbocycles. The molecule has 4 heteroatoms. The molecule has 1 atom stereocenters. The summed E-state index contributed by atoms with van der Waals surface area (Å²) in [5.41, 5.74) is 5.91. The predicted molar refractivity (Wildman–Crippen MR) is 82.1 cm³/mol. The SMILES string of the molecule is CCN(CC(=O)NC(C)C(C)C)C(CC)(CC)CN. The lowest BCUT2D eigenvalue weighted by Crippen LogP contribution is -2.56. The van der Waals surface area contributed by atoms with E-state index in [9.17, 15) is 4.79 Å². The van der Waals surface area contributed by atoms with Crippen molar-refractivity contribution >= 4 is 5.91 Å². The molecular formula is C15H33N3O. The van der Waals surface area contributed by atoms with Gasteiger partial charge in [0.25, 0.3) is 0 Å². The highest BCUT2D eigenvalue weighted by Crippen LogP contribution is 2.22. The Morgan fingerprint density at radius 1 is 1.21 bits per heavy atom. The van der Waals surface area contributed by atoms with Gasteiger partial charge < -0.3 is 11.1 Å². The first-order valence-electron chi connectivity index (χ1n) is 7.61. The molecule has 0 aliphatic carbocycles. The van der Waals surface area contributed by atoms with Crippen molar-refractivity contribution in [3.05, 3.63) is 0 Å². The second-order valence-electron chi connectivity index (χ2n) is 5.75. The van der Waals surface area contributed by atoms with Gasteiger partial charge in [-0.3, -0.25) is 9.69 Å². The number of carbonyl (C=O) groups is 1. The third-order valence-electron chi connectivity index (χ3n) is 4.47. The maximum atomic E-state index is 12.1.